The average Bonchev–Trinajstić information content (AvgIpc) is 2.35. The highest BCUT2D eigenvalue weighted by Crippen LogP contribution is 2.45. The molecule has 2 saturated carbocycles. The van der Waals surface area contributed by atoms with Crippen LogP contribution in [0.4, 0.5) is 0 Å². The largest absolute Gasteiger partial charge is 0.372 e. The Morgan fingerprint density at radius 3 is 1.73 bits per heavy atom. The van der Waals surface area contributed by atoms with Gasteiger partial charge in [-0.1, -0.05) is 20.8 Å². The van der Waals surface area contributed by atoms with Gasteiger partial charge in [-0.15, -0.1) is 0 Å². The van der Waals surface area contributed by atoms with E-state index in [4.69, 9.17) is 4.74 Å². The smallest absolute Gasteiger partial charge is 0.227 e. The minimum atomic E-state index is -2.70. The molecular weight excluding hydrogens is 288 g/mol. The van der Waals surface area contributed by atoms with Gasteiger partial charge in [0.1, 0.15) is 0 Å². The molecule has 22 heavy (non-hydrogen) atoms. The summed E-state index contributed by atoms with van der Waals surface area (Å²) in [7, 11) is 1.09. The second-order valence-electron chi connectivity index (χ2n) is 7.32. The highest BCUT2D eigenvalue weighted by atomic mass is 16.5. The minimum Gasteiger partial charge on any atom is -0.372 e. The van der Waals surface area contributed by atoms with Crippen LogP contribution in [0.5, 0.6) is 0 Å². The summed E-state index contributed by atoms with van der Waals surface area (Å²) in [5, 5.41) is 10.9. The molecule has 2 aliphatic rings. The van der Waals surface area contributed by atoms with Crippen LogP contribution in [-0.2, 0) is 23.9 Å². The lowest BCUT2D eigenvalue weighted by molar-refractivity contribution is -0.203. The number of aliphatic hydroxyl groups is 1. The molecule has 2 rings (SSSR count). The summed E-state index contributed by atoms with van der Waals surface area (Å²) >= 11 is 0. The molecule has 0 saturated heterocycles. The molecule has 0 bridgehead atoms. The zero-order valence-corrected chi connectivity index (χ0v) is 13.4. The third-order valence-corrected chi connectivity index (χ3v) is 4.75. The molecule has 0 aromatic carbocycles. The van der Waals surface area contributed by atoms with E-state index in [2.05, 4.69) is 0 Å². The van der Waals surface area contributed by atoms with Crippen LogP contribution >= 0.6 is 0 Å². The fourth-order valence-electron chi connectivity index (χ4n) is 3.66. The number of carbonyl (C=O) groups excluding carboxylic acids is 4. The Kier molecular flexibility index (Phi) is 3.90. The molecule has 0 heterocycles. The van der Waals surface area contributed by atoms with Crippen LogP contribution in [0, 0.1) is 11.3 Å². The first-order valence-corrected chi connectivity index (χ1v) is 7.42. The first kappa shape index (κ1) is 17.0. The molecule has 0 unspecified atom stereocenters. The van der Waals surface area contributed by atoms with E-state index < -0.39 is 39.8 Å². The molecule has 0 spiro atoms. The van der Waals surface area contributed by atoms with Gasteiger partial charge < -0.3 is 9.84 Å². The van der Waals surface area contributed by atoms with Crippen LogP contribution in [0.25, 0.3) is 0 Å². The van der Waals surface area contributed by atoms with Gasteiger partial charge in [0.2, 0.25) is 11.2 Å². The van der Waals surface area contributed by atoms with Crippen LogP contribution in [0.15, 0.2) is 0 Å². The molecule has 0 amide bonds. The Hall–Kier alpha value is -1.40. The van der Waals surface area contributed by atoms with E-state index in [0.717, 1.165) is 7.11 Å². The van der Waals surface area contributed by atoms with E-state index in [0.29, 0.717) is 0 Å². The Morgan fingerprint density at radius 2 is 1.36 bits per heavy atom. The molecule has 0 aromatic heterocycles. The number of hydrogen-bond donors (Lipinski definition) is 1. The van der Waals surface area contributed by atoms with Crippen molar-refractivity contribution < 1.29 is 29.0 Å². The predicted octanol–water partition coefficient (Wildman–Crippen LogP) is 0.629. The topological polar surface area (TPSA) is 97.7 Å². The number of Topliss-reactive ketones (excluding diaryl/α,β-unsaturated/α-hetero) is 4. The standard InChI is InChI=1S/C16H22O6/c1-9-5-10(17)16(22-4,11(18)6-9)15(21)12(19)7-14(2,3)8-13(15)20/h9,21H,5-8H2,1-4H3. The SMILES string of the molecule is COC1(C2(O)C(=O)CC(C)(C)CC2=O)C(=O)CC(C)CC1=O. The molecule has 0 aliphatic heterocycles. The number of carbonyl (C=O) groups is 4. The zero-order valence-electron chi connectivity index (χ0n) is 13.4. The number of ketones is 4. The van der Waals surface area contributed by atoms with Crippen LogP contribution in [0.1, 0.15) is 46.5 Å². The van der Waals surface area contributed by atoms with Gasteiger partial charge in [-0.25, -0.2) is 0 Å². The molecule has 6 heteroatoms. The molecule has 122 valence electrons. The number of methoxy groups -OCH3 is 1. The average molecular weight is 310 g/mol. The lowest BCUT2D eigenvalue weighted by Gasteiger charge is -2.48. The molecule has 0 atom stereocenters. The number of ether oxygens (including phenoxy) is 1. The lowest BCUT2D eigenvalue weighted by Crippen LogP contribution is -2.75. The maximum absolute atomic E-state index is 12.5. The summed E-state index contributed by atoms with van der Waals surface area (Å²) in [5.41, 5.74) is -5.70. The molecule has 2 aliphatic carbocycles. The summed E-state index contributed by atoms with van der Waals surface area (Å²) in [6.45, 7) is 5.19. The van der Waals surface area contributed by atoms with Crippen molar-refractivity contribution in [2.75, 3.05) is 7.11 Å². The first-order valence-electron chi connectivity index (χ1n) is 7.42. The fourth-order valence-corrected chi connectivity index (χ4v) is 3.66. The van der Waals surface area contributed by atoms with Gasteiger partial charge >= 0.3 is 0 Å². The van der Waals surface area contributed by atoms with Gasteiger partial charge in [0, 0.05) is 32.8 Å². The predicted molar refractivity (Wildman–Crippen MR) is 76.1 cm³/mol. The summed E-state index contributed by atoms with van der Waals surface area (Å²) in [6, 6.07) is 0. The van der Waals surface area contributed by atoms with Crippen molar-refractivity contribution in [2.24, 2.45) is 11.3 Å². The molecule has 0 radical (unpaired) electrons. The third-order valence-electron chi connectivity index (χ3n) is 4.75. The van der Waals surface area contributed by atoms with Gasteiger partial charge in [-0.3, -0.25) is 19.2 Å². The Balaban J connectivity index is 2.59. The molecule has 6 nitrogen and oxygen atoms in total. The fraction of sp³-hybridized carbons (Fsp3) is 0.750. The zero-order chi connectivity index (χ0) is 16.9. The van der Waals surface area contributed by atoms with E-state index in [9.17, 15) is 24.3 Å². The van der Waals surface area contributed by atoms with Gasteiger partial charge in [0.25, 0.3) is 0 Å². The molecular formula is C16H22O6. The second-order valence-corrected chi connectivity index (χ2v) is 7.32. The van der Waals surface area contributed by atoms with Crippen LogP contribution in [0.2, 0.25) is 0 Å². The second kappa shape index (κ2) is 5.06. The quantitative estimate of drug-likeness (QED) is 0.751. The van der Waals surface area contributed by atoms with E-state index in [1.165, 1.54) is 0 Å². The van der Waals surface area contributed by atoms with E-state index in [1.807, 2.05) is 0 Å². The molecule has 0 aromatic rings. The van der Waals surface area contributed by atoms with E-state index in [-0.39, 0.29) is 31.6 Å². The number of rotatable bonds is 2. The monoisotopic (exact) mass is 310 g/mol. The van der Waals surface area contributed by atoms with Crippen molar-refractivity contribution in [3.05, 3.63) is 0 Å². The lowest BCUT2D eigenvalue weighted by atomic mass is 9.58. The summed E-state index contributed by atoms with van der Waals surface area (Å²) < 4.78 is 5.11. The maximum Gasteiger partial charge on any atom is 0.227 e. The normalized spacial score (nSPS) is 34.9. The van der Waals surface area contributed by atoms with Crippen molar-refractivity contribution in [3.8, 4) is 0 Å². The first-order chi connectivity index (χ1) is 10.0. The van der Waals surface area contributed by atoms with Crippen LogP contribution in [-0.4, -0.2) is 46.6 Å². The summed E-state index contributed by atoms with van der Waals surface area (Å²) in [6.07, 6.45) is -0.190. The maximum atomic E-state index is 12.5. The molecule has 1 N–H and O–H groups in total. The van der Waals surface area contributed by atoms with E-state index >= 15 is 0 Å². The van der Waals surface area contributed by atoms with Crippen molar-refractivity contribution in [3.63, 3.8) is 0 Å². The van der Waals surface area contributed by atoms with Gasteiger partial charge in [-0.2, -0.15) is 0 Å². The van der Waals surface area contributed by atoms with Crippen LogP contribution in [0.3, 0.4) is 0 Å². The minimum absolute atomic E-state index is 0.00809. The van der Waals surface area contributed by atoms with Crippen molar-refractivity contribution in [2.45, 2.75) is 57.7 Å². The van der Waals surface area contributed by atoms with Crippen molar-refractivity contribution >= 4 is 23.1 Å². The van der Waals surface area contributed by atoms with Crippen LogP contribution < -0.4 is 0 Å². The Labute approximate surface area is 129 Å². The third kappa shape index (κ3) is 2.08. The Morgan fingerprint density at radius 1 is 0.955 bits per heavy atom. The molecule has 2 fully saturated rings. The summed E-state index contributed by atoms with van der Waals surface area (Å²) in [5.74, 6) is -3.21. The van der Waals surface area contributed by atoms with Gasteiger partial charge in [0.05, 0.1) is 0 Å². The highest BCUT2D eigenvalue weighted by molar-refractivity contribution is 6.27. The highest BCUT2D eigenvalue weighted by Gasteiger charge is 2.71. The number of hydrogen-bond acceptors (Lipinski definition) is 6. The van der Waals surface area contributed by atoms with Crippen molar-refractivity contribution in [1.82, 2.24) is 0 Å². The van der Waals surface area contributed by atoms with Crippen molar-refractivity contribution in [1.29, 1.82) is 0 Å². The summed E-state index contributed by atoms with van der Waals surface area (Å²) in [4.78, 5) is 50.1. The Bertz CT molecular complexity index is 521. The van der Waals surface area contributed by atoms with Gasteiger partial charge in [0.15, 0.2) is 23.1 Å². The van der Waals surface area contributed by atoms with E-state index in [1.54, 1.807) is 20.8 Å². The van der Waals surface area contributed by atoms with Gasteiger partial charge in [-0.05, 0) is 11.3 Å².